The van der Waals surface area contributed by atoms with E-state index in [1.807, 2.05) is 16.8 Å². The SMILES string of the molecule is O=S=CC(=O)C=Cc1ccsc1. The van der Waals surface area contributed by atoms with Gasteiger partial charge in [-0.25, -0.2) is 4.21 Å². The largest absolute Gasteiger partial charge is 0.289 e. The number of allylic oxidation sites excluding steroid dienone is 1. The summed E-state index contributed by atoms with van der Waals surface area (Å²) < 4.78 is 9.91. The second-order valence-electron chi connectivity index (χ2n) is 2.01. The van der Waals surface area contributed by atoms with Crippen molar-refractivity contribution in [1.82, 2.24) is 0 Å². The minimum atomic E-state index is -0.263. The van der Waals surface area contributed by atoms with E-state index in [-0.39, 0.29) is 17.0 Å². The second-order valence-corrected chi connectivity index (χ2v) is 3.21. The third-order valence-electron chi connectivity index (χ3n) is 1.15. The van der Waals surface area contributed by atoms with Gasteiger partial charge in [-0.2, -0.15) is 11.3 Å². The highest BCUT2D eigenvalue weighted by Gasteiger charge is 1.89. The second kappa shape index (κ2) is 4.79. The third kappa shape index (κ3) is 2.94. The first-order valence-corrected chi connectivity index (χ1v) is 4.94. The van der Waals surface area contributed by atoms with Crippen LogP contribution >= 0.6 is 11.3 Å². The lowest BCUT2D eigenvalue weighted by Gasteiger charge is -1.79. The fraction of sp³-hybridized carbons (Fsp3) is 0. The van der Waals surface area contributed by atoms with Gasteiger partial charge in [0.05, 0.1) is 16.6 Å². The van der Waals surface area contributed by atoms with Crippen LogP contribution in [0.1, 0.15) is 5.56 Å². The van der Waals surface area contributed by atoms with E-state index in [2.05, 4.69) is 0 Å². The molecule has 0 fully saturated rings. The van der Waals surface area contributed by atoms with Gasteiger partial charge in [0.25, 0.3) is 0 Å². The highest BCUT2D eigenvalue weighted by molar-refractivity contribution is 7.66. The van der Waals surface area contributed by atoms with E-state index in [0.717, 1.165) is 10.9 Å². The van der Waals surface area contributed by atoms with E-state index >= 15 is 0 Å². The van der Waals surface area contributed by atoms with Gasteiger partial charge in [-0.3, -0.25) is 4.79 Å². The van der Waals surface area contributed by atoms with Gasteiger partial charge >= 0.3 is 0 Å². The molecule has 0 aliphatic heterocycles. The lowest BCUT2D eigenvalue weighted by molar-refractivity contribution is -0.108. The van der Waals surface area contributed by atoms with Crippen molar-refractivity contribution in [1.29, 1.82) is 0 Å². The molecule has 0 saturated carbocycles. The molecule has 12 heavy (non-hydrogen) atoms. The summed E-state index contributed by atoms with van der Waals surface area (Å²) in [5.41, 5.74) is 0.984. The van der Waals surface area contributed by atoms with Crippen molar-refractivity contribution in [3.63, 3.8) is 0 Å². The summed E-state index contributed by atoms with van der Waals surface area (Å²) >= 11 is 1.74. The van der Waals surface area contributed by atoms with Crippen LogP contribution in [0.15, 0.2) is 22.9 Å². The molecule has 1 aromatic rings. The van der Waals surface area contributed by atoms with Crippen LogP contribution in [0, 0.1) is 0 Å². The van der Waals surface area contributed by atoms with Crippen LogP contribution in [0.25, 0.3) is 6.08 Å². The van der Waals surface area contributed by atoms with Crippen molar-refractivity contribution in [2.75, 3.05) is 0 Å². The van der Waals surface area contributed by atoms with E-state index in [4.69, 9.17) is 0 Å². The van der Waals surface area contributed by atoms with Gasteiger partial charge in [0.15, 0.2) is 5.78 Å². The molecule has 0 atom stereocenters. The van der Waals surface area contributed by atoms with Crippen LogP contribution in [0.3, 0.4) is 0 Å². The lowest BCUT2D eigenvalue weighted by atomic mass is 10.3. The Labute approximate surface area is 77.6 Å². The van der Waals surface area contributed by atoms with Crippen LogP contribution in [-0.2, 0) is 16.1 Å². The molecule has 0 saturated heterocycles. The third-order valence-corrected chi connectivity index (χ3v) is 2.18. The molecule has 4 heteroatoms. The van der Waals surface area contributed by atoms with Gasteiger partial charge in [0.2, 0.25) is 0 Å². The molecule has 0 radical (unpaired) electrons. The molecule has 0 amide bonds. The van der Waals surface area contributed by atoms with Crippen molar-refractivity contribution >= 4 is 39.8 Å². The van der Waals surface area contributed by atoms with Crippen molar-refractivity contribution in [2.45, 2.75) is 0 Å². The van der Waals surface area contributed by atoms with Gasteiger partial charge in [0, 0.05) is 0 Å². The van der Waals surface area contributed by atoms with Crippen molar-refractivity contribution in [3.8, 4) is 0 Å². The summed E-state index contributed by atoms with van der Waals surface area (Å²) in [6.07, 6.45) is 3.07. The molecule has 0 N–H and O–H groups in total. The van der Waals surface area contributed by atoms with Crippen LogP contribution < -0.4 is 0 Å². The maximum Gasteiger partial charge on any atom is 0.191 e. The summed E-state index contributed by atoms with van der Waals surface area (Å²) in [5, 5.41) is 4.88. The van der Waals surface area contributed by atoms with E-state index < -0.39 is 0 Å². The molecule has 0 aromatic carbocycles. The predicted molar refractivity (Wildman–Crippen MR) is 52.6 cm³/mol. The smallest absolute Gasteiger partial charge is 0.191 e. The standard InChI is InChI=1S/C8H6O2S2/c9-8(6-12-10)2-1-7-3-4-11-5-7/h1-6H. The van der Waals surface area contributed by atoms with Crippen LogP contribution in [0.2, 0.25) is 0 Å². The maximum absolute atomic E-state index is 10.8. The lowest BCUT2D eigenvalue weighted by Crippen LogP contribution is -1.91. The van der Waals surface area contributed by atoms with E-state index in [1.165, 1.54) is 6.08 Å². The van der Waals surface area contributed by atoms with Crippen LogP contribution in [0.5, 0.6) is 0 Å². The molecule has 0 aliphatic carbocycles. The van der Waals surface area contributed by atoms with E-state index in [1.54, 1.807) is 17.4 Å². The van der Waals surface area contributed by atoms with Crippen LogP contribution in [0.4, 0.5) is 0 Å². The van der Waals surface area contributed by atoms with Gasteiger partial charge in [-0.05, 0) is 28.5 Å². The molecule has 1 aromatic heterocycles. The first kappa shape index (κ1) is 9.09. The minimum Gasteiger partial charge on any atom is -0.289 e. The van der Waals surface area contributed by atoms with Gasteiger partial charge in [-0.15, -0.1) is 0 Å². The Kier molecular flexibility index (Phi) is 3.63. The fourth-order valence-corrected chi connectivity index (χ4v) is 1.44. The van der Waals surface area contributed by atoms with Crippen molar-refractivity contribution in [2.24, 2.45) is 0 Å². The molecule has 62 valence electrons. The molecule has 0 bridgehead atoms. The summed E-state index contributed by atoms with van der Waals surface area (Å²) in [6, 6.07) is 1.90. The topological polar surface area (TPSA) is 34.1 Å². The number of rotatable bonds is 3. The van der Waals surface area contributed by atoms with Crippen molar-refractivity contribution in [3.05, 3.63) is 28.5 Å². The normalized spacial score (nSPS) is 10.0. The Morgan fingerprint density at radius 3 is 3.00 bits per heavy atom. The molecular weight excluding hydrogens is 192 g/mol. The molecule has 1 rings (SSSR count). The summed E-state index contributed by atoms with van der Waals surface area (Å²) in [6.45, 7) is 0. The number of thiophene rings is 1. The first-order chi connectivity index (χ1) is 5.83. The number of ketones is 1. The summed E-state index contributed by atoms with van der Waals surface area (Å²) in [5.74, 6) is -0.263. The fourth-order valence-electron chi connectivity index (χ4n) is 0.635. The van der Waals surface area contributed by atoms with Crippen molar-refractivity contribution < 1.29 is 9.00 Å². The summed E-state index contributed by atoms with van der Waals surface area (Å²) in [7, 11) is 0. The first-order valence-electron chi connectivity index (χ1n) is 3.19. The predicted octanol–water partition coefficient (Wildman–Crippen LogP) is 1.35. The zero-order chi connectivity index (χ0) is 8.81. The highest BCUT2D eigenvalue weighted by Crippen LogP contribution is 2.07. The van der Waals surface area contributed by atoms with E-state index in [9.17, 15) is 9.00 Å². The Morgan fingerprint density at radius 2 is 2.42 bits per heavy atom. The Hall–Kier alpha value is -1.00. The average molecular weight is 198 g/mol. The molecular formula is C8H6O2S2. The molecule has 2 nitrogen and oxygen atoms in total. The Bertz CT molecular complexity index is 332. The van der Waals surface area contributed by atoms with Gasteiger partial charge < -0.3 is 0 Å². The Morgan fingerprint density at radius 1 is 1.58 bits per heavy atom. The summed E-state index contributed by atoms with van der Waals surface area (Å²) in [4.78, 5) is 10.8. The molecule has 0 spiro atoms. The highest BCUT2D eigenvalue weighted by atomic mass is 32.1. The van der Waals surface area contributed by atoms with E-state index in [0.29, 0.717) is 0 Å². The number of hydrogen-bond donors (Lipinski definition) is 0. The number of carbonyl (C=O) groups is 1. The number of carbonyl (C=O) groups excluding carboxylic acids is 1. The Balaban J connectivity index is 2.62. The quantitative estimate of drug-likeness (QED) is 0.542. The molecule has 1 heterocycles. The minimum absolute atomic E-state index is 0.174. The van der Waals surface area contributed by atoms with Gasteiger partial charge in [0.1, 0.15) is 0 Å². The number of hydrogen-bond acceptors (Lipinski definition) is 3. The zero-order valence-electron chi connectivity index (χ0n) is 6.10. The molecule has 0 aliphatic rings. The molecule has 0 unspecified atom stereocenters. The monoisotopic (exact) mass is 198 g/mol. The van der Waals surface area contributed by atoms with Crippen LogP contribution in [-0.4, -0.2) is 15.4 Å². The van der Waals surface area contributed by atoms with Gasteiger partial charge in [-0.1, -0.05) is 6.08 Å². The average Bonchev–Trinajstić information content (AvgIpc) is 2.53. The zero-order valence-corrected chi connectivity index (χ0v) is 7.73. The maximum atomic E-state index is 10.8.